The monoisotopic (exact) mass is 476 g/mol. The smallest absolute Gasteiger partial charge is 0.373 e. The largest absolute Gasteiger partial charge is 0.494 e. The first-order valence-corrected chi connectivity index (χ1v) is 10.6. The first-order chi connectivity index (χ1) is 16.6. The van der Waals surface area contributed by atoms with Gasteiger partial charge in [-0.05, 0) is 69.3 Å². The zero-order chi connectivity index (χ0) is 24.6. The lowest BCUT2D eigenvalue weighted by molar-refractivity contribution is -0.368. The van der Waals surface area contributed by atoms with Crippen LogP contribution in [-0.2, 0) is 29.0 Å². The van der Waals surface area contributed by atoms with Crippen molar-refractivity contribution < 1.29 is 48.1 Å². The molecule has 0 aliphatic rings. The Labute approximate surface area is 198 Å². The lowest BCUT2D eigenvalue weighted by Crippen LogP contribution is -2.21. The zero-order valence-electron chi connectivity index (χ0n) is 19.2. The summed E-state index contributed by atoms with van der Waals surface area (Å²) in [4.78, 5) is 43.9. The molecule has 0 unspecified atom stereocenters. The number of hydrogen-bond donors (Lipinski definition) is 0. The van der Waals surface area contributed by atoms with Crippen LogP contribution >= 0.6 is 0 Å². The van der Waals surface area contributed by atoms with Crippen LogP contribution in [0, 0.1) is 13.2 Å². The third-order valence-corrected chi connectivity index (χ3v) is 3.96. The molecule has 2 radical (unpaired) electrons. The molecule has 0 amide bonds. The van der Waals surface area contributed by atoms with E-state index in [4.69, 9.17) is 38.5 Å². The van der Waals surface area contributed by atoms with Gasteiger partial charge in [0.1, 0.15) is 18.1 Å². The quantitative estimate of drug-likeness (QED) is 0.202. The van der Waals surface area contributed by atoms with Gasteiger partial charge in [0, 0.05) is 6.61 Å². The lowest BCUT2D eigenvalue weighted by atomic mass is 10.2. The molecule has 0 aromatic heterocycles. The van der Waals surface area contributed by atoms with E-state index in [0.717, 1.165) is 0 Å². The Balaban J connectivity index is 1.89. The van der Waals surface area contributed by atoms with Crippen LogP contribution in [0.15, 0.2) is 48.5 Å². The second-order valence-corrected chi connectivity index (χ2v) is 6.36. The average molecular weight is 476 g/mol. The van der Waals surface area contributed by atoms with Gasteiger partial charge in [-0.1, -0.05) is 0 Å². The summed E-state index contributed by atoms with van der Waals surface area (Å²) in [5, 5.41) is 0. The Morgan fingerprint density at radius 3 is 1.53 bits per heavy atom. The third kappa shape index (κ3) is 9.75. The first-order valence-electron chi connectivity index (χ1n) is 10.6. The molecule has 0 heterocycles. The molecule has 0 aliphatic carbocycles. The molecule has 0 aliphatic heterocycles. The Morgan fingerprint density at radius 2 is 1.12 bits per heavy atom. The Hall–Kier alpha value is -3.18. The van der Waals surface area contributed by atoms with Crippen LogP contribution in [0.4, 0.5) is 0 Å². The van der Waals surface area contributed by atoms with E-state index in [-0.39, 0.29) is 37.6 Å². The summed E-state index contributed by atoms with van der Waals surface area (Å²) in [6, 6.07) is 12.5. The van der Waals surface area contributed by atoms with Crippen molar-refractivity contribution in [2.24, 2.45) is 0 Å². The van der Waals surface area contributed by atoms with Gasteiger partial charge in [0.2, 0.25) is 0 Å². The summed E-state index contributed by atoms with van der Waals surface area (Å²) in [5.41, 5.74) is 0.415. The van der Waals surface area contributed by atoms with Crippen molar-refractivity contribution in [2.75, 3.05) is 39.6 Å². The third-order valence-electron chi connectivity index (χ3n) is 3.96. The normalized spacial score (nSPS) is 10.7. The molecule has 0 fully saturated rings. The fourth-order valence-corrected chi connectivity index (χ4v) is 2.41. The van der Waals surface area contributed by atoms with Crippen LogP contribution < -0.4 is 9.47 Å². The minimum absolute atomic E-state index is 0.172. The van der Waals surface area contributed by atoms with E-state index in [0.29, 0.717) is 24.7 Å². The number of ether oxygens (including phenoxy) is 4. The predicted octanol–water partition coefficient (Wildman–Crippen LogP) is 3.72. The van der Waals surface area contributed by atoms with Crippen LogP contribution in [-0.4, -0.2) is 51.6 Å². The van der Waals surface area contributed by atoms with Gasteiger partial charge in [0.05, 0.1) is 37.6 Å². The minimum atomic E-state index is -0.803. The van der Waals surface area contributed by atoms with Crippen LogP contribution in [0.1, 0.15) is 34.6 Å². The summed E-state index contributed by atoms with van der Waals surface area (Å²) >= 11 is 0. The van der Waals surface area contributed by atoms with Gasteiger partial charge < -0.3 is 18.9 Å². The van der Waals surface area contributed by atoms with Gasteiger partial charge in [-0.3, -0.25) is 9.78 Å². The van der Waals surface area contributed by atoms with Crippen molar-refractivity contribution in [2.45, 2.75) is 13.8 Å². The van der Waals surface area contributed by atoms with Gasteiger partial charge in [-0.2, -0.15) is 0 Å². The number of carbonyl (C=O) groups excluding carboxylic acids is 2. The van der Waals surface area contributed by atoms with E-state index in [1.165, 1.54) is 24.3 Å². The van der Waals surface area contributed by atoms with Crippen molar-refractivity contribution in [3.05, 3.63) is 72.9 Å². The van der Waals surface area contributed by atoms with Gasteiger partial charge >= 0.3 is 18.2 Å². The van der Waals surface area contributed by atoms with Crippen molar-refractivity contribution in [1.82, 2.24) is 0 Å². The summed E-state index contributed by atoms with van der Waals surface area (Å²) in [5.74, 6) is -0.394. The molecule has 0 saturated heterocycles. The van der Waals surface area contributed by atoms with Crippen molar-refractivity contribution in [3.63, 3.8) is 0 Å². The molecule has 10 nitrogen and oxygen atoms in total. The van der Waals surface area contributed by atoms with E-state index < -0.39 is 18.2 Å². The van der Waals surface area contributed by atoms with Crippen LogP contribution in [0.3, 0.4) is 0 Å². The number of rotatable bonds is 16. The molecular weight excluding hydrogens is 448 g/mol. The van der Waals surface area contributed by atoms with E-state index in [1.807, 2.05) is 13.8 Å². The van der Waals surface area contributed by atoms with E-state index in [2.05, 4.69) is 6.92 Å². The molecule has 2 aromatic carbocycles. The molecule has 0 bridgehead atoms. The maximum Gasteiger partial charge on any atom is 0.373 e. The Bertz CT molecular complexity index is 786. The van der Waals surface area contributed by atoms with E-state index in [1.54, 1.807) is 24.3 Å². The molecule has 2 aromatic rings. The Kier molecular flexibility index (Phi) is 12.4. The van der Waals surface area contributed by atoms with Gasteiger partial charge in [0.15, 0.2) is 0 Å². The summed E-state index contributed by atoms with van der Waals surface area (Å²) in [7, 11) is 0. The predicted molar refractivity (Wildman–Crippen MR) is 118 cm³/mol. The number of benzene rings is 2. The fourth-order valence-electron chi connectivity index (χ4n) is 2.41. The molecule has 0 spiro atoms. The van der Waals surface area contributed by atoms with Crippen LogP contribution in [0.2, 0.25) is 0 Å². The molecule has 0 saturated carbocycles. The second kappa shape index (κ2) is 15.6. The number of hydrogen-bond acceptors (Lipinski definition) is 10. The maximum absolute atomic E-state index is 12.2. The molecule has 0 N–H and O–H groups in total. The molecule has 10 heteroatoms. The average Bonchev–Trinajstić information content (AvgIpc) is 2.86. The van der Waals surface area contributed by atoms with Crippen LogP contribution in [0.5, 0.6) is 11.5 Å². The van der Waals surface area contributed by atoms with E-state index in [9.17, 15) is 9.59 Å². The van der Waals surface area contributed by atoms with Crippen molar-refractivity contribution in [1.29, 1.82) is 0 Å². The summed E-state index contributed by atoms with van der Waals surface area (Å²) in [6.07, 6.45) is -0.409. The Morgan fingerprint density at radius 1 is 0.676 bits per heavy atom. The highest BCUT2D eigenvalue weighted by molar-refractivity contribution is 5.89. The number of carbonyl (C=O) groups is 2. The molecule has 0 atom stereocenters. The SMILES string of the molecule is [CH2]COCCOC[C](OOC(=O)c1ccc(OCC)cc1)OOC(=O)c1ccc(OCC)cc1. The van der Waals surface area contributed by atoms with Crippen molar-refractivity contribution >= 4 is 11.9 Å². The van der Waals surface area contributed by atoms with Crippen molar-refractivity contribution in [3.8, 4) is 11.5 Å². The minimum Gasteiger partial charge on any atom is -0.494 e. The molecular formula is C24H28O10. The topological polar surface area (TPSA) is 108 Å². The molecule has 2 rings (SSSR count). The molecule has 34 heavy (non-hydrogen) atoms. The van der Waals surface area contributed by atoms with Gasteiger partial charge in [-0.15, -0.1) is 9.78 Å². The van der Waals surface area contributed by atoms with E-state index >= 15 is 0 Å². The lowest BCUT2D eigenvalue weighted by Gasteiger charge is -2.14. The summed E-state index contributed by atoms with van der Waals surface area (Å²) in [6.45, 7) is 8.67. The standard InChI is InChI=1S/C24H28O10/c1-4-27-15-16-28-17-22(31-33-23(25)18-7-11-20(12-8-18)29-5-2)32-34-24(26)19-9-13-21(14-10-19)30-6-3/h7-14H,1,4-6,15-17H2,2-3H3. The summed E-state index contributed by atoms with van der Waals surface area (Å²) < 4.78 is 21.0. The zero-order valence-corrected chi connectivity index (χ0v) is 19.2. The molecule has 184 valence electrons. The van der Waals surface area contributed by atoms with Gasteiger partial charge in [0.25, 0.3) is 0 Å². The fraction of sp³-hybridized carbons (Fsp3) is 0.333. The first kappa shape index (κ1) is 27.1. The van der Waals surface area contributed by atoms with Gasteiger partial charge in [-0.25, -0.2) is 9.59 Å². The highest BCUT2D eigenvalue weighted by Crippen LogP contribution is 2.16. The maximum atomic E-state index is 12.2. The highest BCUT2D eigenvalue weighted by atomic mass is 17.3. The highest BCUT2D eigenvalue weighted by Gasteiger charge is 2.22. The van der Waals surface area contributed by atoms with Crippen LogP contribution in [0.25, 0.3) is 0 Å². The second-order valence-electron chi connectivity index (χ2n) is 6.36.